The van der Waals surface area contributed by atoms with E-state index >= 15 is 0 Å². The average Bonchev–Trinajstić information content (AvgIpc) is 2.69. The lowest BCUT2D eigenvalue weighted by Crippen LogP contribution is -2.27. The van der Waals surface area contributed by atoms with Crippen molar-refractivity contribution in [2.24, 2.45) is 0 Å². The number of benzene rings is 1. The van der Waals surface area contributed by atoms with Crippen molar-refractivity contribution >= 4 is 0 Å². The number of likely N-dealkylation sites (N-methyl/N-ethyl adjacent to an activating group) is 1. The van der Waals surface area contributed by atoms with E-state index in [4.69, 9.17) is 9.47 Å². The molecule has 1 aromatic carbocycles. The van der Waals surface area contributed by atoms with Crippen LogP contribution in [0, 0.1) is 0 Å². The molecule has 0 fully saturated rings. The van der Waals surface area contributed by atoms with E-state index in [1.54, 1.807) is 14.2 Å². The van der Waals surface area contributed by atoms with Gasteiger partial charge in [-0.3, -0.25) is 0 Å². The van der Waals surface area contributed by atoms with E-state index in [0.29, 0.717) is 6.04 Å². The third kappa shape index (κ3) is 1.87. The first-order valence-corrected chi connectivity index (χ1v) is 5.56. The largest absolute Gasteiger partial charge is 0.493 e. The quantitative estimate of drug-likeness (QED) is 0.776. The van der Waals surface area contributed by atoms with Gasteiger partial charge in [-0.25, -0.2) is 0 Å². The summed E-state index contributed by atoms with van der Waals surface area (Å²) in [7, 11) is 7.63. The Kier molecular flexibility index (Phi) is 3.06. The molecule has 3 heteroatoms. The minimum atomic E-state index is 0.604. The molecule has 0 atom stereocenters. The van der Waals surface area contributed by atoms with E-state index < -0.39 is 0 Å². The number of nitrogens with zero attached hydrogens (tertiary/aromatic N) is 1. The molecule has 0 bridgehead atoms. The summed E-state index contributed by atoms with van der Waals surface area (Å²) >= 11 is 0. The van der Waals surface area contributed by atoms with Crippen molar-refractivity contribution in [2.45, 2.75) is 18.9 Å². The molecule has 1 aliphatic rings. The summed E-state index contributed by atoms with van der Waals surface area (Å²) in [6.07, 6.45) is 2.20. The summed E-state index contributed by atoms with van der Waals surface area (Å²) in [5.41, 5.74) is 2.77. The molecule has 88 valence electrons. The van der Waals surface area contributed by atoms with Crippen molar-refractivity contribution in [1.82, 2.24) is 4.90 Å². The highest BCUT2D eigenvalue weighted by Gasteiger charge is 2.24. The summed E-state index contributed by atoms with van der Waals surface area (Å²) in [5, 5.41) is 0. The molecule has 3 nitrogen and oxygen atoms in total. The smallest absolute Gasteiger partial charge is 0.161 e. The Labute approximate surface area is 97.0 Å². The van der Waals surface area contributed by atoms with Gasteiger partial charge in [-0.1, -0.05) is 0 Å². The molecule has 0 saturated heterocycles. The van der Waals surface area contributed by atoms with Gasteiger partial charge in [-0.2, -0.15) is 0 Å². The summed E-state index contributed by atoms with van der Waals surface area (Å²) in [6, 6.07) is 4.82. The first-order valence-electron chi connectivity index (χ1n) is 5.56. The van der Waals surface area contributed by atoms with E-state index in [0.717, 1.165) is 24.3 Å². The number of ether oxygens (including phenoxy) is 2. The Balaban J connectivity index is 2.32. The van der Waals surface area contributed by atoms with Crippen LogP contribution in [-0.4, -0.2) is 39.3 Å². The highest BCUT2D eigenvalue weighted by Crippen LogP contribution is 2.35. The normalized spacial score (nSPS) is 15.3. The molecule has 0 amide bonds. The van der Waals surface area contributed by atoms with E-state index in [1.165, 1.54) is 11.1 Å². The molecule has 0 spiro atoms. The van der Waals surface area contributed by atoms with Crippen molar-refractivity contribution < 1.29 is 9.47 Å². The topological polar surface area (TPSA) is 21.7 Å². The molecule has 0 aromatic heterocycles. The maximum Gasteiger partial charge on any atom is 0.161 e. The Morgan fingerprint density at radius 2 is 1.44 bits per heavy atom. The molecule has 0 saturated carbocycles. The Morgan fingerprint density at radius 3 is 1.75 bits per heavy atom. The van der Waals surface area contributed by atoms with Gasteiger partial charge in [0.2, 0.25) is 0 Å². The van der Waals surface area contributed by atoms with Crippen LogP contribution in [-0.2, 0) is 12.8 Å². The van der Waals surface area contributed by atoms with Crippen LogP contribution >= 0.6 is 0 Å². The molecule has 2 rings (SSSR count). The van der Waals surface area contributed by atoms with Crippen LogP contribution in [0.25, 0.3) is 0 Å². The van der Waals surface area contributed by atoms with Crippen LogP contribution in [0.4, 0.5) is 0 Å². The summed E-state index contributed by atoms with van der Waals surface area (Å²) < 4.78 is 10.6. The summed E-state index contributed by atoms with van der Waals surface area (Å²) in [6.45, 7) is 0. The van der Waals surface area contributed by atoms with Crippen LogP contribution in [0.2, 0.25) is 0 Å². The van der Waals surface area contributed by atoms with Crippen LogP contribution < -0.4 is 9.47 Å². The lowest BCUT2D eigenvalue weighted by Gasteiger charge is -2.17. The minimum absolute atomic E-state index is 0.604. The zero-order chi connectivity index (χ0) is 11.7. The Bertz CT molecular complexity index is 355. The van der Waals surface area contributed by atoms with Gasteiger partial charge in [-0.05, 0) is 50.2 Å². The van der Waals surface area contributed by atoms with Gasteiger partial charge in [0.1, 0.15) is 0 Å². The second-order valence-electron chi connectivity index (χ2n) is 4.50. The maximum atomic E-state index is 5.32. The summed E-state index contributed by atoms with van der Waals surface area (Å²) in [5.74, 6) is 1.67. The molecule has 0 radical (unpaired) electrons. The van der Waals surface area contributed by atoms with Gasteiger partial charge in [0.15, 0.2) is 11.5 Å². The van der Waals surface area contributed by atoms with Crippen molar-refractivity contribution in [2.75, 3.05) is 28.3 Å². The van der Waals surface area contributed by atoms with E-state index in [1.807, 2.05) is 0 Å². The molecule has 0 N–H and O–H groups in total. The van der Waals surface area contributed by atoms with Crippen LogP contribution in [0.5, 0.6) is 11.5 Å². The van der Waals surface area contributed by atoms with Gasteiger partial charge in [-0.15, -0.1) is 0 Å². The fourth-order valence-corrected chi connectivity index (χ4v) is 2.29. The number of hydrogen-bond donors (Lipinski definition) is 0. The standard InChI is InChI=1S/C13H19NO2/c1-14(2)11-5-9-7-12(15-3)13(16-4)8-10(9)6-11/h7-8,11H,5-6H2,1-4H3. The monoisotopic (exact) mass is 221 g/mol. The van der Waals surface area contributed by atoms with Crippen molar-refractivity contribution in [3.8, 4) is 11.5 Å². The van der Waals surface area contributed by atoms with E-state index in [9.17, 15) is 0 Å². The second-order valence-corrected chi connectivity index (χ2v) is 4.50. The third-order valence-corrected chi connectivity index (χ3v) is 3.35. The highest BCUT2D eigenvalue weighted by molar-refractivity contribution is 5.49. The molecule has 16 heavy (non-hydrogen) atoms. The molecule has 0 heterocycles. The van der Waals surface area contributed by atoms with Crippen molar-refractivity contribution in [3.05, 3.63) is 23.3 Å². The SMILES string of the molecule is COc1cc2c(cc1OC)CC(N(C)C)C2. The third-order valence-electron chi connectivity index (χ3n) is 3.35. The van der Waals surface area contributed by atoms with Gasteiger partial charge in [0.25, 0.3) is 0 Å². The van der Waals surface area contributed by atoms with Gasteiger partial charge < -0.3 is 14.4 Å². The fraction of sp³-hybridized carbons (Fsp3) is 0.538. The first-order chi connectivity index (χ1) is 7.65. The zero-order valence-electron chi connectivity index (χ0n) is 10.4. The molecular weight excluding hydrogens is 202 g/mol. The second kappa shape index (κ2) is 4.34. The first kappa shape index (κ1) is 11.3. The molecule has 1 aromatic rings. The Hall–Kier alpha value is -1.22. The molecule has 0 aliphatic heterocycles. The minimum Gasteiger partial charge on any atom is -0.493 e. The number of methoxy groups -OCH3 is 2. The Morgan fingerprint density at radius 1 is 1.00 bits per heavy atom. The highest BCUT2D eigenvalue weighted by atomic mass is 16.5. The number of hydrogen-bond acceptors (Lipinski definition) is 3. The van der Waals surface area contributed by atoms with Gasteiger partial charge in [0, 0.05) is 6.04 Å². The predicted molar refractivity (Wildman–Crippen MR) is 64.4 cm³/mol. The molecule has 1 aliphatic carbocycles. The number of rotatable bonds is 3. The fourth-order valence-electron chi connectivity index (χ4n) is 2.29. The molecule has 0 unspecified atom stereocenters. The maximum absolute atomic E-state index is 5.32. The van der Waals surface area contributed by atoms with Gasteiger partial charge >= 0.3 is 0 Å². The predicted octanol–water partition coefficient (Wildman–Crippen LogP) is 1.73. The summed E-state index contributed by atoms with van der Waals surface area (Å²) in [4.78, 5) is 2.28. The zero-order valence-corrected chi connectivity index (χ0v) is 10.4. The molecular formula is C13H19NO2. The number of fused-ring (bicyclic) bond motifs is 1. The van der Waals surface area contributed by atoms with Crippen molar-refractivity contribution in [1.29, 1.82) is 0 Å². The van der Waals surface area contributed by atoms with Crippen LogP contribution in [0.15, 0.2) is 12.1 Å². The average molecular weight is 221 g/mol. The van der Waals surface area contributed by atoms with Gasteiger partial charge in [0.05, 0.1) is 14.2 Å². The van der Waals surface area contributed by atoms with Crippen LogP contribution in [0.3, 0.4) is 0 Å². The van der Waals surface area contributed by atoms with E-state index in [2.05, 4.69) is 31.1 Å². The van der Waals surface area contributed by atoms with E-state index in [-0.39, 0.29) is 0 Å². The lowest BCUT2D eigenvalue weighted by atomic mass is 10.1. The lowest BCUT2D eigenvalue weighted by molar-refractivity contribution is 0.303. The van der Waals surface area contributed by atoms with Crippen LogP contribution in [0.1, 0.15) is 11.1 Å². The van der Waals surface area contributed by atoms with Crippen molar-refractivity contribution in [3.63, 3.8) is 0 Å².